The molecule has 0 spiro atoms. The summed E-state index contributed by atoms with van der Waals surface area (Å²) in [5, 5.41) is 0.170. The third kappa shape index (κ3) is 6.01. The molecule has 2 aromatic carbocycles. The number of carbonyl (C=O) groups excluding carboxylic acids is 3. The largest absolute Gasteiger partial charge is 0.490 e. The van der Waals surface area contributed by atoms with E-state index < -0.39 is 11.9 Å². The van der Waals surface area contributed by atoms with E-state index in [0.29, 0.717) is 29.4 Å². The molecule has 10 heteroatoms. The monoisotopic (exact) mass is 512 g/mol. The molecule has 2 aromatic rings. The number of carbonyl (C=O) groups is 3. The lowest BCUT2D eigenvalue weighted by Gasteiger charge is -2.19. The number of hydrogen-bond donors (Lipinski definition) is 0. The van der Waals surface area contributed by atoms with Crippen LogP contribution in [0.15, 0.2) is 48.2 Å². The van der Waals surface area contributed by atoms with Crippen LogP contribution in [0.25, 0.3) is 6.08 Å². The maximum atomic E-state index is 13.5. The van der Waals surface area contributed by atoms with Crippen molar-refractivity contribution in [3.63, 3.8) is 0 Å². The van der Waals surface area contributed by atoms with Crippen LogP contribution >= 0.6 is 12.2 Å². The van der Waals surface area contributed by atoms with Gasteiger partial charge in [0.2, 0.25) is 0 Å². The van der Waals surface area contributed by atoms with Gasteiger partial charge in [-0.2, -0.15) is 0 Å². The lowest BCUT2D eigenvalue weighted by Crippen LogP contribution is -2.35. The highest BCUT2D eigenvalue weighted by Gasteiger charge is 2.40. The first-order valence-corrected chi connectivity index (χ1v) is 11.7. The highest BCUT2D eigenvalue weighted by atomic mass is 32.1. The van der Waals surface area contributed by atoms with E-state index >= 15 is 0 Å². The molecular weight excluding hydrogens is 484 g/mol. The molecular formula is C26H28N2O7S. The number of amides is 1. The molecule has 0 bridgehead atoms. The SMILES string of the molecule is CCOc1cc(/C=C2/C(=O)N(c3ccc(CC)cc3)C(=S)N2CC(=O)OC)ccc1OCC(=O)OC. The lowest BCUT2D eigenvalue weighted by molar-refractivity contribution is -0.143. The molecule has 0 atom stereocenters. The summed E-state index contributed by atoms with van der Waals surface area (Å²) in [5.41, 5.74) is 2.53. The summed E-state index contributed by atoms with van der Waals surface area (Å²) < 4.78 is 20.6. The van der Waals surface area contributed by atoms with Crippen LogP contribution in [-0.4, -0.2) is 61.8 Å². The predicted molar refractivity (Wildman–Crippen MR) is 138 cm³/mol. The summed E-state index contributed by atoms with van der Waals surface area (Å²) in [4.78, 5) is 39.9. The van der Waals surface area contributed by atoms with Gasteiger partial charge in [0, 0.05) is 0 Å². The number of aryl methyl sites for hydroxylation is 1. The first kappa shape index (κ1) is 26.7. The standard InChI is InChI=1S/C26H28N2O7S/c1-5-17-7-10-19(11-8-17)28-25(31)20(27(26(28)36)15-23(29)32-3)13-18-9-12-21(22(14-18)34-6-2)35-16-24(30)33-4/h7-14H,5-6,15-16H2,1-4H3/b20-13-. The molecule has 3 rings (SSSR count). The van der Waals surface area contributed by atoms with E-state index in [1.165, 1.54) is 24.0 Å². The van der Waals surface area contributed by atoms with Crippen LogP contribution in [0.2, 0.25) is 0 Å². The van der Waals surface area contributed by atoms with E-state index in [9.17, 15) is 14.4 Å². The second-order valence-electron chi connectivity index (χ2n) is 7.64. The molecule has 0 radical (unpaired) electrons. The van der Waals surface area contributed by atoms with Gasteiger partial charge in [0.15, 0.2) is 23.2 Å². The van der Waals surface area contributed by atoms with Gasteiger partial charge in [-0.25, -0.2) is 4.79 Å². The second kappa shape index (κ2) is 12.2. The zero-order valence-electron chi connectivity index (χ0n) is 20.6. The van der Waals surface area contributed by atoms with Crippen molar-refractivity contribution in [2.24, 2.45) is 0 Å². The van der Waals surface area contributed by atoms with Crippen molar-refractivity contribution >= 4 is 46.9 Å². The third-order valence-corrected chi connectivity index (χ3v) is 5.80. The number of thiocarbonyl (C=S) groups is 1. The number of methoxy groups -OCH3 is 2. The van der Waals surface area contributed by atoms with Crippen LogP contribution in [0.3, 0.4) is 0 Å². The number of esters is 2. The highest BCUT2D eigenvalue weighted by Crippen LogP contribution is 2.33. The van der Waals surface area contributed by atoms with Crippen molar-refractivity contribution in [2.75, 3.05) is 38.9 Å². The predicted octanol–water partition coefficient (Wildman–Crippen LogP) is 3.35. The Morgan fingerprint density at radius 3 is 2.25 bits per heavy atom. The Balaban J connectivity index is 1.99. The first-order valence-electron chi connectivity index (χ1n) is 11.3. The molecule has 1 saturated heterocycles. The molecule has 190 valence electrons. The fraction of sp³-hybridized carbons (Fsp3) is 0.308. The zero-order chi connectivity index (χ0) is 26.2. The van der Waals surface area contributed by atoms with Gasteiger partial charge >= 0.3 is 11.9 Å². The maximum absolute atomic E-state index is 13.5. The normalized spacial score (nSPS) is 14.3. The molecule has 0 N–H and O–H groups in total. The minimum atomic E-state index is -0.541. The zero-order valence-corrected chi connectivity index (χ0v) is 21.4. The Bertz CT molecular complexity index is 1180. The van der Waals surface area contributed by atoms with Gasteiger partial charge < -0.3 is 23.8 Å². The van der Waals surface area contributed by atoms with Crippen LogP contribution in [0, 0.1) is 0 Å². The Kier molecular flexibility index (Phi) is 9.02. The van der Waals surface area contributed by atoms with Crippen LogP contribution in [0.5, 0.6) is 11.5 Å². The Labute approximate surface area is 215 Å². The van der Waals surface area contributed by atoms with Gasteiger partial charge in [-0.1, -0.05) is 25.1 Å². The number of benzene rings is 2. The van der Waals surface area contributed by atoms with Crippen molar-refractivity contribution in [2.45, 2.75) is 20.3 Å². The summed E-state index contributed by atoms with van der Waals surface area (Å²) in [7, 11) is 2.55. The average Bonchev–Trinajstić information content (AvgIpc) is 3.11. The molecule has 1 amide bonds. The van der Waals surface area contributed by atoms with E-state index in [0.717, 1.165) is 12.0 Å². The molecule has 1 aliphatic rings. The minimum Gasteiger partial charge on any atom is -0.490 e. The topological polar surface area (TPSA) is 94.6 Å². The Hall–Kier alpha value is -3.92. The number of hydrogen-bond acceptors (Lipinski definition) is 8. The second-order valence-corrected chi connectivity index (χ2v) is 8.00. The van der Waals surface area contributed by atoms with Gasteiger partial charge in [-0.15, -0.1) is 0 Å². The van der Waals surface area contributed by atoms with E-state index in [2.05, 4.69) is 4.74 Å². The molecule has 1 heterocycles. The van der Waals surface area contributed by atoms with Crippen LogP contribution < -0.4 is 14.4 Å². The van der Waals surface area contributed by atoms with E-state index in [-0.39, 0.29) is 29.9 Å². The van der Waals surface area contributed by atoms with Crippen molar-refractivity contribution < 1.29 is 33.3 Å². The van der Waals surface area contributed by atoms with Crippen LogP contribution in [0.1, 0.15) is 25.0 Å². The number of anilines is 1. The molecule has 1 aliphatic heterocycles. The fourth-order valence-electron chi connectivity index (χ4n) is 3.49. The summed E-state index contributed by atoms with van der Waals surface area (Å²) >= 11 is 5.59. The van der Waals surface area contributed by atoms with Crippen molar-refractivity contribution in [1.29, 1.82) is 0 Å². The van der Waals surface area contributed by atoms with Gasteiger partial charge in [0.1, 0.15) is 12.2 Å². The minimum absolute atomic E-state index is 0.170. The highest BCUT2D eigenvalue weighted by molar-refractivity contribution is 7.80. The average molecular weight is 513 g/mol. The van der Waals surface area contributed by atoms with Gasteiger partial charge in [-0.3, -0.25) is 14.5 Å². The van der Waals surface area contributed by atoms with Crippen molar-refractivity contribution in [3.05, 3.63) is 59.3 Å². The van der Waals surface area contributed by atoms with Gasteiger partial charge in [0.05, 0.1) is 26.5 Å². The summed E-state index contributed by atoms with van der Waals surface area (Å²) in [6.45, 7) is 3.71. The molecule has 0 aromatic heterocycles. The van der Waals surface area contributed by atoms with Crippen molar-refractivity contribution in [3.8, 4) is 11.5 Å². The summed E-state index contributed by atoms with van der Waals surface area (Å²) in [5.74, 6) is -0.714. The Morgan fingerprint density at radius 2 is 1.64 bits per heavy atom. The van der Waals surface area contributed by atoms with E-state index in [4.69, 9.17) is 26.4 Å². The van der Waals surface area contributed by atoms with Crippen LogP contribution in [-0.2, 0) is 30.3 Å². The van der Waals surface area contributed by atoms with E-state index in [1.807, 2.05) is 38.1 Å². The molecule has 1 fully saturated rings. The quantitative estimate of drug-likeness (QED) is 0.270. The Morgan fingerprint density at radius 1 is 0.944 bits per heavy atom. The number of ether oxygens (including phenoxy) is 4. The fourth-order valence-corrected chi connectivity index (χ4v) is 3.84. The lowest BCUT2D eigenvalue weighted by atomic mass is 10.1. The summed E-state index contributed by atoms with van der Waals surface area (Å²) in [6.07, 6.45) is 2.48. The molecule has 0 unspecified atom stereocenters. The van der Waals surface area contributed by atoms with Gasteiger partial charge in [0.25, 0.3) is 5.91 Å². The number of nitrogens with zero attached hydrogens (tertiary/aromatic N) is 2. The molecule has 36 heavy (non-hydrogen) atoms. The maximum Gasteiger partial charge on any atom is 0.343 e. The smallest absolute Gasteiger partial charge is 0.343 e. The molecule has 9 nitrogen and oxygen atoms in total. The molecule has 0 saturated carbocycles. The number of rotatable bonds is 10. The van der Waals surface area contributed by atoms with Crippen molar-refractivity contribution in [1.82, 2.24) is 4.90 Å². The third-order valence-electron chi connectivity index (χ3n) is 5.40. The summed E-state index contributed by atoms with van der Waals surface area (Å²) in [6, 6.07) is 12.5. The first-order chi connectivity index (χ1) is 17.3. The van der Waals surface area contributed by atoms with E-state index in [1.54, 1.807) is 24.3 Å². The van der Waals surface area contributed by atoms with Gasteiger partial charge in [-0.05, 0) is 67.0 Å². The van der Waals surface area contributed by atoms with Crippen LogP contribution in [0.4, 0.5) is 5.69 Å². The molecule has 0 aliphatic carbocycles.